The van der Waals surface area contributed by atoms with Crippen LogP contribution in [0.3, 0.4) is 0 Å². The Morgan fingerprint density at radius 2 is 2.19 bits per heavy atom. The fourth-order valence-electron chi connectivity index (χ4n) is 2.48. The minimum atomic E-state index is 0.135. The molecule has 3 atom stereocenters. The number of hydrogen-bond acceptors (Lipinski definition) is 2. The van der Waals surface area contributed by atoms with Gasteiger partial charge in [-0.1, -0.05) is 13.8 Å². The average molecular weight is 226 g/mol. The number of rotatable bonds is 4. The summed E-state index contributed by atoms with van der Waals surface area (Å²) in [6.45, 7) is 8.08. The van der Waals surface area contributed by atoms with Gasteiger partial charge in [-0.2, -0.15) is 0 Å². The lowest BCUT2D eigenvalue weighted by molar-refractivity contribution is -0.139. The van der Waals surface area contributed by atoms with E-state index >= 15 is 0 Å². The average Bonchev–Trinajstić information content (AvgIpc) is 2.28. The molecule has 3 heteroatoms. The number of nitrogens with two attached hydrogens (primary N) is 1. The van der Waals surface area contributed by atoms with E-state index in [1.54, 1.807) is 0 Å². The first-order valence-electron chi connectivity index (χ1n) is 6.58. The number of nitrogens with zero attached hydrogens (tertiary/aromatic N) is 1. The van der Waals surface area contributed by atoms with Crippen molar-refractivity contribution in [3.8, 4) is 0 Å². The van der Waals surface area contributed by atoms with Gasteiger partial charge in [0.1, 0.15) is 0 Å². The highest BCUT2D eigenvalue weighted by molar-refractivity contribution is 5.78. The molecular weight excluding hydrogens is 200 g/mol. The van der Waals surface area contributed by atoms with Crippen LogP contribution in [0.1, 0.15) is 46.5 Å². The topological polar surface area (TPSA) is 46.3 Å². The monoisotopic (exact) mass is 226 g/mol. The van der Waals surface area contributed by atoms with Crippen molar-refractivity contribution in [3.05, 3.63) is 0 Å². The molecule has 0 spiro atoms. The third-order valence-electron chi connectivity index (χ3n) is 3.92. The molecule has 1 amide bonds. The van der Waals surface area contributed by atoms with E-state index in [1.165, 1.54) is 6.42 Å². The van der Waals surface area contributed by atoms with Crippen molar-refractivity contribution in [2.24, 2.45) is 17.6 Å². The second-order valence-corrected chi connectivity index (χ2v) is 5.22. The van der Waals surface area contributed by atoms with Gasteiger partial charge in [-0.25, -0.2) is 0 Å². The van der Waals surface area contributed by atoms with E-state index in [9.17, 15) is 4.79 Å². The summed E-state index contributed by atoms with van der Waals surface area (Å²) in [5.41, 5.74) is 5.48. The first-order valence-corrected chi connectivity index (χ1v) is 6.58. The van der Waals surface area contributed by atoms with E-state index in [2.05, 4.69) is 18.7 Å². The highest BCUT2D eigenvalue weighted by Gasteiger charge is 2.30. The molecule has 1 aliphatic rings. The van der Waals surface area contributed by atoms with Crippen molar-refractivity contribution >= 4 is 5.91 Å². The van der Waals surface area contributed by atoms with Gasteiger partial charge < -0.3 is 10.6 Å². The lowest BCUT2D eigenvalue weighted by atomic mass is 9.90. The number of carbonyl (C=O) groups excluding carboxylic acids is 1. The quantitative estimate of drug-likeness (QED) is 0.797. The Kier molecular flexibility index (Phi) is 5.26. The van der Waals surface area contributed by atoms with Gasteiger partial charge in [0.15, 0.2) is 0 Å². The van der Waals surface area contributed by atoms with Crippen molar-refractivity contribution in [1.29, 1.82) is 0 Å². The Morgan fingerprint density at radius 1 is 1.50 bits per heavy atom. The summed E-state index contributed by atoms with van der Waals surface area (Å²) in [5.74, 6) is 1.10. The molecule has 1 saturated heterocycles. The maximum atomic E-state index is 12.2. The molecule has 1 rings (SSSR count). The zero-order chi connectivity index (χ0) is 12.1. The van der Waals surface area contributed by atoms with Gasteiger partial charge in [0.2, 0.25) is 5.91 Å². The first kappa shape index (κ1) is 13.5. The molecule has 94 valence electrons. The highest BCUT2D eigenvalue weighted by Crippen LogP contribution is 2.25. The highest BCUT2D eigenvalue weighted by atomic mass is 16.2. The van der Waals surface area contributed by atoms with Gasteiger partial charge in [-0.3, -0.25) is 4.79 Å². The Morgan fingerprint density at radius 3 is 2.81 bits per heavy atom. The van der Waals surface area contributed by atoms with Crippen molar-refractivity contribution in [3.63, 3.8) is 0 Å². The van der Waals surface area contributed by atoms with E-state index in [1.807, 2.05) is 6.92 Å². The standard InChI is InChI=1S/C13H26N2O/c1-10-7-5-9-15(12(10)3)13(16)11(2)6-4-8-14/h10-12H,4-9,14H2,1-3H3. The van der Waals surface area contributed by atoms with Crippen LogP contribution >= 0.6 is 0 Å². The molecule has 2 N–H and O–H groups in total. The molecule has 16 heavy (non-hydrogen) atoms. The lowest BCUT2D eigenvalue weighted by Gasteiger charge is -2.39. The third-order valence-corrected chi connectivity index (χ3v) is 3.92. The number of amides is 1. The van der Waals surface area contributed by atoms with Gasteiger partial charge in [0.25, 0.3) is 0 Å². The Bertz CT molecular complexity index is 230. The van der Waals surface area contributed by atoms with E-state index in [0.717, 1.165) is 25.8 Å². The second-order valence-electron chi connectivity index (χ2n) is 5.22. The maximum Gasteiger partial charge on any atom is 0.225 e. The molecule has 0 radical (unpaired) electrons. The second kappa shape index (κ2) is 6.24. The molecule has 1 fully saturated rings. The molecule has 0 aromatic carbocycles. The third kappa shape index (κ3) is 3.21. The van der Waals surface area contributed by atoms with Crippen LogP contribution in [0.15, 0.2) is 0 Å². The van der Waals surface area contributed by atoms with Gasteiger partial charge in [0, 0.05) is 18.5 Å². The summed E-state index contributed by atoms with van der Waals surface area (Å²) in [6, 6.07) is 0.404. The minimum Gasteiger partial charge on any atom is -0.339 e. The van der Waals surface area contributed by atoms with Crippen LogP contribution < -0.4 is 5.73 Å². The van der Waals surface area contributed by atoms with Gasteiger partial charge in [0.05, 0.1) is 0 Å². The molecule has 3 unspecified atom stereocenters. The fraction of sp³-hybridized carbons (Fsp3) is 0.923. The van der Waals surface area contributed by atoms with Crippen molar-refractivity contribution in [2.45, 2.75) is 52.5 Å². The summed E-state index contributed by atoms with van der Waals surface area (Å²) in [7, 11) is 0. The predicted molar refractivity (Wildman–Crippen MR) is 67.0 cm³/mol. The summed E-state index contributed by atoms with van der Waals surface area (Å²) < 4.78 is 0. The van der Waals surface area contributed by atoms with E-state index in [-0.39, 0.29) is 5.92 Å². The fourth-order valence-corrected chi connectivity index (χ4v) is 2.48. The summed E-state index contributed by atoms with van der Waals surface area (Å²) >= 11 is 0. The molecule has 0 saturated carbocycles. The Labute approximate surface area is 99.4 Å². The largest absolute Gasteiger partial charge is 0.339 e. The van der Waals surface area contributed by atoms with Gasteiger partial charge in [-0.15, -0.1) is 0 Å². The van der Waals surface area contributed by atoms with Crippen LogP contribution in [0.25, 0.3) is 0 Å². The molecule has 0 bridgehead atoms. The van der Waals surface area contributed by atoms with Gasteiger partial charge >= 0.3 is 0 Å². The van der Waals surface area contributed by atoms with E-state index in [0.29, 0.717) is 24.4 Å². The van der Waals surface area contributed by atoms with Crippen LogP contribution in [0.5, 0.6) is 0 Å². The lowest BCUT2D eigenvalue weighted by Crippen LogP contribution is -2.48. The summed E-state index contributed by atoms with van der Waals surface area (Å²) in [6.07, 6.45) is 4.28. The number of hydrogen-bond donors (Lipinski definition) is 1. The van der Waals surface area contributed by atoms with Crippen molar-refractivity contribution < 1.29 is 4.79 Å². The zero-order valence-corrected chi connectivity index (χ0v) is 10.9. The molecule has 0 aromatic rings. The summed E-state index contributed by atoms with van der Waals surface area (Å²) in [5, 5.41) is 0. The summed E-state index contributed by atoms with van der Waals surface area (Å²) in [4.78, 5) is 14.3. The molecule has 3 nitrogen and oxygen atoms in total. The van der Waals surface area contributed by atoms with Crippen molar-refractivity contribution in [2.75, 3.05) is 13.1 Å². The normalized spacial score (nSPS) is 27.9. The van der Waals surface area contributed by atoms with Crippen molar-refractivity contribution in [1.82, 2.24) is 4.90 Å². The number of piperidine rings is 1. The van der Waals surface area contributed by atoms with E-state index < -0.39 is 0 Å². The SMILES string of the molecule is CC(CCCN)C(=O)N1CCCC(C)C1C. The van der Waals surface area contributed by atoms with Crippen LogP contribution in [-0.4, -0.2) is 29.9 Å². The molecule has 0 aliphatic carbocycles. The predicted octanol–water partition coefficient (Wildman–Crippen LogP) is 2.01. The van der Waals surface area contributed by atoms with Crippen LogP contribution in [0.4, 0.5) is 0 Å². The van der Waals surface area contributed by atoms with Crippen LogP contribution in [-0.2, 0) is 4.79 Å². The van der Waals surface area contributed by atoms with Crippen LogP contribution in [0, 0.1) is 11.8 Å². The minimum absolute atomic E-state index is 0.135. The molecular formula is C13H26N2O. The molecule has 1 aliphatic heterocycles. The maximum absolute atomic E-state index is 12.2. The Balaban J connectivity index is 2.51. The number of carbonyl (C=O) groups is 1. The zero-order valence-electron chi connectivity index (χ0n) is 10.9. The number of likely N-dealkylation sites (tertiary alicyclic amines) is 1. The smallest absolute Gasteiger partial charge is 0.225 e. The van der Waals surface area contributed by atoms with E-state index in [4.69, 9.17) is 5.73 Å². The van der Waals surface area contributed by atoms with Gasteiger partial charge in [-0.05, 0) is 45.1 Å². The first-order chi connectivity index (χ1) is 7.57. The molecule has 1 heterocycles. The molecule has 0 aromatic heterocycles. The Hall–Kier alpha value is -0.570. The van der Waals surface area contributed by atoms with Crippen LogP contribution in [0.2, 0.25) is 0 Å².